The third-order valence-electron chi connectivity index (χ3n) is 2.59. The quantitative estimate of drug-likeness (QED) is 0.766. The average Bonchev–Trinajstić information content (AvgIpc) is 2.72. The van der Waals surface area contributed by atoms with E-state index >= 15 is 0 Å². The summed E-state index contributed by atoms with van der Waals surface area (Å²) in [7, 11) is 0. The van der Waals surface area contributed by atoms with Crippen LogP contribution in [0.1, 0.15) is 33.6 Å². The minimum absolute atomic E-state index is 0.118. The molecule has 0 aromatic rings. The standard InChI is InChI=1S/C12H22N2O3S/c1-12(2,3)17-11(16)14-7-4-5-9(14)10(15)13-6-8-18/h9,18H,4-8H2,1-3H3,(H,13,15)/t9-/m0/s1. The summed E-state index contributed by atoms with van der Waals surface area (Å²) in [6, 6.07) is -0.403. The van der Waals surface area contributed by atoms with Gasteiger partial charge in [-0.15, -0.1) is 0 Å². The van der Waals surface area contributed by atoms with Gasteiger partial charge < -0.3 is 10.1 Å². The maximum atomic E-state index is 12.0. The number of thiol groups is 1. The molecule has 1 fully saturated rings. The molecule has 0 aromatic carbocycles. The van der Waals surface area contributed by atoms with Crippen LogP contribution in [0.4, 0.5) is 4.79 Å². The minimum atomic E-state index is -0.536. The van der Waals surface area contributed by atoms with Crippen LogP contribution in [0.15, 0.2) is 0 Å². The van der Waals surface area contributed by atoms with E-state index in [1.165, 1.54) is 4.90 Å². The maximum absolute atomic E-state index is 12.0. The van der Waals surface area contributed by atoms with Crippen LogP contribution in [-0.2, 0) is 9.53 Å². The Kier molecular flexibility index (Phi) is 5.31. The number of likely N-dealkylation sites (tertiary alicyclic amines) is 1. The highest BCUT2D eigenvalue weighted by Crippen LogP contribution is 2.20. The van der Waals surface area contributed by atoms with Gasteiger partial charge >= 0.3 is 6.09 Å². The highest BCUT2D eigenvalue weighted by molar-refractivity contribution is 7.80. The number of hydrogen-bond acceptors (Lipinski definition) is 4. The first kappa shape index (κ1) is 15.1. The number of ether oxygens (including phenoxy) is 1. The average molecular weight is 274 g/mol. The summed E-state index contributed by atoms with van der Waals surface area (Å²) in [6.45, 7) is 6.54. The van der Waals surface area contributed by atoms with Gasteiger partial charge in [0.2, 0.25) is 5.91 Å². The lowest BCUT2D eigenvalue weighted by Gasteiger charge is -2.27. The Balaban J connectivity index is 2.59. The highest BCUT2D eigenvalue weighted by atomic mass is 32.1. The highest BCUT2D eigenvalue weighted by Gasteiger charge is 2.36. The normalized spacial score (nSPS) is 19.8. The van der Waals surface area contributed by atoms with Crippen LogP contribution >= 0.6 is 12.6 Å². The Bertz CT molecular complexity index is 315. The fourth-order valence-corrected chi connectivity index (χ4v) is 1.99. The molecule has 1 saturated heterocycles. The van der Waals surface area contributed by atoms with Crippen LogP contribution in [0.5, 0.6) is 0 Å². The Morgan fingerprint density at radius 1 is 1.44 bits per heavy atom. The van der Waals surface area contributed by atoms with Gasteiger partial charge in [0, 0.05) is 18.8 Å². The molecule has 0 aromatic heterocycles. The molecule has 6 heteroatoms. The zero-order chi connectivity index (χ0) is 13.8. The summed E-state index contributed by atoms with van der Waals surface area (Å²) in [5, 5.41) is 2.76. The second kappa shape index (κ2) is 6.31. The van der Waals surface area contributed by atoms with Crippen LogP contribution < -0.4 is 5.32 Å². The van der Waals surface area contributed by atoms with Crippen LogP contribution in [0.25, 0.3) is 0 Å². The number of hydrogen-bond donors (Lipinski definition) is 2. The molecule has 1 rings (SSSR count). The van der Waals surface area contributed by atoms with Crippen molar-refractivity contribution in [2.45, 2.75) is 45.3 Å². The first-order chi connectivity index (χ1) is 8.35. The van der Waals surface area contributed by atoms with Crippen molar-refractivity contribution in [2.24, 2.45) is 0 Å². The van der Waals surface area contributed by atoms with Crippen molar-refractivity contribution in [2.75, 3.05) is 18.8 Å². The molecule has 0 aliphatic carbocycles. The number of carbonyl (C=O) groups excluding carboxylic acids is 2. The lowest BCUT2D eigenvalue weighted by molar-refractivity contribution is -0.125. The van der Waals surface area contributed by atoms with Gasteiger partial charge in [-0.05, 0) is 33.6 Å². The summed E-state index contributed by atoms with van der Waals surface area (Å²) in [5.74, 6) is 0.470. The summed E-state index contributed by atoms with van der Waals surface area (Å²) >= 11 is 4.04. The molecular weight excluding hydrogens is 252 g/mol. The molecule has 1 aliphatic heterocycles. The first-order valence-electron chi connectivity index (χ1n) is 6.23. The summed E-state index contributed by atoms with van der Waals surface area (Å²) < 4.78 is 5.30. The second-order valence-corrected chi connectivity index (χ2v) is 5.79. The fourth-order valence-electron chi connectivity index (χ4n) is 1.88. The van der Waals surface area contributed by atoms with Crippen molar-refractivity contribution in [3.05, 3.63) is 0 Å². The van der Waals surface area contributed by atoms with Crippen LogP contribution in [-0.4, -0.2) is 47.4 Å². The second-order valence-electron chi connectivity index (χ2n) is 5.35. The van der Waals surface area contributed by atoms with Gasteiger partial charge in [0.05, 0.1) is 0 Å². The molecule has 1 atom stereocenters. The molecule has 5 nitrogen and oxygen atoms in total. The number of carbonyl (C=O) groups is 2. The van der Waals surface area contributed by atoms with E-state index in [0.29, 0.717) is 25.3 Å². The van der Waals surface area contributed by atoms with E-state index < -0.39 is 17.7 Å². The number of rotatable bonds is 3. The molecule has 0 bridgehead atoms. The van der Waals surface area contributed by atoms with Crippen molar-refractivity contribution in [3.63, 3.8) is 0 Å². The number of nitrogens with one attached hydrogen (secondary N) is 1. The van der Waals surface area contributed by atoms with Gasteiger partial charge in [0.1, 0.15) is 11.6 Å². The Morgan fingerprint density at radius 2 is 2.11 bits per heavy atom. The molecule has 1 heterocycles. The Morgan fingerprint density at radius 3 is 2.67 bits per heavy atom. The molecule has 0 spiro atoms. The molecule has 1 aliphatic rings. The molecular formula is C12H22N2O3S. The van der Waals surface area contributed by atoms with E-state index in [1.54, 1.807) is 0 Å². The van der Waals surface area contributed by atoms with Crippen molar-refractivity contribution in [1.82, 2.24) is 10.2 Å². The van der Waals surface area contributed by atoms with E-state index in [0.717, 1.165) is 6.42 Å². The predicted octanol–water partition coefficient (Wildman–Crippen LogP) is 1.43. The molecule has 0 radical (unpaired) electrons. The number of nitrogens with zero attached hydrogens (tertiary/aromatic N) is 1. The van der Waals surface area contributed by atoms with E-state index in [-0.39, 0.29) is 5.91 Å². The van der Waals surface area contributed by atoms with E-state index in [2.05, 4.69) is 17.9 Å². The largest absolute Gasteiger partial charge is 0.444 e. The predicted molar refractivity (Wildman–Crippen MR) is 72.8 cm³/mol. The molecule has 0 saturated carbocycles. The molecule has 2 amide bonds. The van der Waals surface area contributed by atoms with Gasteiger partial charge in [-0.25, -0.2) is 4.79 Å². The maximum Gasteiger partial charge on any atom is 0.410 e. The molecule has 104 valence electrons. The molecule has 0 unspecified atom stereocenters. The van der Waals surface area contributed by atoms with Crippen molar-refractivity contribution in [3.8, 4) is 0 Å². The Labute approximate surface area is 114 Å². The first-order valence-corrected chi connectivity index (χ1v) is 6.86. The van der Waals surface area contributed by atoms with Crippen LogP contribution in [0.2, 0.25) is 0 Å². The van der Waals surface area contributed by atoms with Crippen LogP contribution in [0.3, 0.4) is 0 Å². The monoisotopic (exact) mass is 274 g/mol. The van der Waals surface area contributed by atoms with Crippen molar-refractivity contribution < 1.29 is 14.3 Å². The topological polar surface area (TPSA) is 58.6 Å². The number of amides is 2. The van der Waals surface area contributed by atoms with Gasteiger partial charge in [-0.1, -0.05) is 0 Å². The third-order valence-corrected chi connectivity index (χ3v) is 2.82. The smallest absolute Gasteiger partial charge is 0.410 e. The van der Waals surface area contributed by atoms with Crippen molar-refractivity contribution in [1.29, 1.82) is 0 Å². The molecule has 18 heavy (non-hydrogen) atoms. The van der Waals surface area contributed by atoms with E-state index in [9.17, 15) is 9.59 Å². The summed E-state index contributed by atoms with van der Waals surface area (Å²) in [5.41, 5.74) is -0.536. The van der Waals surface area contributed by atoms with Gasteiger partial charge in [-0.2, -0.15) is 12.6 Å². The third kappa shape index (κ3) is 4.40. The van der Waals surface area contributed by atoms with Gasteiger partial charge in [-0.3, -0.25) is 9.69 Å². The molecule has 1 N–H and O–H groups in total. The lowest BCUT2D eigenvalue weighted by Crippen LogP contribution is -2.47. The van der Waals surface area contributed by atoms with Gasteiger partial charge in [0.25, 0.3) is 0 Å². The van der Waals surface area contributed by atoms with Crippen molar-refractivity contribution >= 4 is 24.6 Å². The Hall–Kier alpha value is -0.910. The van der Waals surface area contributed by atoms with E-state index in [1.807, 2.05) is 20.8 Å². The summed E-state index contributed by atoms with van der Waals surface area (Å²) in [6.07, 6.45) is 1.11. The SMILES string of the molecule is CC(C)(C)OC(=O)N1CCC[C@H]1C(=O)NCCS. The zero-order valence-electron chi connectivity index (χ0n) is 11.2. The fraction of sp³-hybridized carbons (Fsp3) is 0.833. The van der Waals surface area contributed by atoms with Crippen LogP contribution in [0, 0.1) is 0 Å². The van der Waals surface area contributed by atoms with Gasteiger partial charge in [0.15, 0.2) is 0 Å². The lowest BCUT2D eigenvalue weighted by atomic mass is 10.2. The van der Waals surface area contributed by atoms with E-state index in [4.69, 9.17) is 4.74 Å². The summed E-state index contributed by atoms with van der Waals surface area (Å²) in [4.78, 5) is 25.4. The zero-order valence-corrected chi connectivity index (χ0v) is 12.1. The minimum Gasteiger partial charge on any atom is -0.444 e.